The van der Waals surface area contributed by atoms with E-state index in [0.717, 1.165) is 11.1 Å². The summed E-state index contributed by atoms with van der Waals surface area (Å²) in [4.78, 5) is 0. The maximum absolute atomic E-state index is 10.3. The second-order valence-electron chi connectivity index (χ2n) is 5.25. The van der Waals surface area contributed by atoms with Gasteiger partial charge in [0.2, 0.25) is 0 Å². The van der Waals surface area contributed by atoms with E-state index >= 15 is 0 Å². The number of aliphatic hydroxyl groups is 1. The first-order valence-electron chi connectivity index (χ1n) is 6.70. The first-order valence-corrected chi connectivity index (χ1v) is 7.45. The second kappa shape index (κ2) is 6.62. The van der Waals surface area contributed by atoms with Crippen molar-refractivity contribution in [2.45, 2.75) is 32.3 Å². The van der Waals surface area contributed by atoms with Gasteiger partial charge in [-0.25, -0.2) is 0 Å². The van der Waals surface area contributed by atoms with Crippen LogP contribution in [-0.4, -0.2) is 5.11 Å². The molecule has 1 N–H and O–H groups in total. The van der Waals surface area contributed by atoms with Crippen molar-refractivity contribution in [3.05, 3.63) is 69.2 Å². The first-order chi connectivity index (χ1) is 9.49. The molecule has 1 nitrogen and oxygen atoms in total. The molecule has 1 unspecified atom stereocenters. The van der Waals surface area contributed by atoms with Crippen molar-refractivity contribution in [1.29, 1.82) is 0 Å². The van der Waals surface area contributed by atoms with Gasteiger partial charge in [0.25, 0.3) is 0 Å². The van der Waals surface area contributed by atoms with E-state index in [2.05, 4.69) is 26.0 Å². The van der Waals surface area contributed by atoms with Gasteiger partial charge in [-0.05, 0) is 28.7 Å². The molecule has 0 heterocycles. The molecule has 0 aliphatic rings. The first kappa shape index (κ1) is 15.4. The molecule has 106 valence electrons. The van der Waals surface area contributed by atoms with Crippen molar-refractivity contribution in [3.8, 4) is 0 Å². The third-order valence-corrected chi connectivity index (χ3v) is 4.29. The van der Waals surface area contributed by atoms with Crippen LogP contribution in [-0.2, 0) is 6.42 Å². The molecule has 2 aromatic carbocycles. The zero-order valence-electron chi connectivity index (χ0n) is 11.6. The van der Waals surface area contributed by atoms with Gasteiger partial charge >= 0.3 is 0 Å². The fourth-order valence-corrected chi connectivity index (χ4v) is 2.53. The van der Waals surface area contributed by atoms with E-state index in [9.17, 15) is 5.11 Å². The molecular formula is C17H18Cl2O. The highest BCUT2D eigenvalue weighted by atomic mass is 35.5. The number of rotatable bonds is 4. The van der Waals surface area contributed by atoms with E-state index < -0.39 is 6.10 Å². The molecule has 0 saturated heterocycles. The molecule has 20 heavy (non-hydrogen) atoms. The zero-order chi connectivity index (χ0) is 14.7. The SMILES string of the molecule is CC(C)c1ccc(C(O)Cc2cccc(Cl)c2Cl)cc1. The van der Waals surface area contributed by atoms with Crippen molar-refractivity contribution >= 4 is 23.2 Å². The molecule has 0 spiro atoms. The summed E-state index contributed by atoms with van der Waals surface area (Å²) < 4.78 is 0. The van der Waals surface area contributed by atoms with Gasteiger partial charge in [0.05, 0.1) is 16.1 Å². The third-order valence-electron chi connectivity index (χ3n) is 3.43. The highest BCUT2D eigenvalue weighted by Gasteiger charge is 2.12. The van der Waals surface area contributed by atoms with Crippen molar-refractivity contribution in [3.63, 3.8) is 0 Å². The molecule has 3 heteroatoms. The monoisotopic (exact) mass is 308 g/mol. The minimum atomic E-state index is -0.577. The van der Waals surface area contributed by atoms with Gasteiger partial charge in [0, 0.05) is 6.42 Å². The molecule has 2 aromatic rings. The van der Waals surface area contributed by atoms with Gasteiger partial charge in [-0.1, -0.05) is 73.4 Å². The molecule has 0 bridgehead atoms. The molecule has 2 rings (SSSR count). The summed E-state index contributed by atoms with van der Waals surface area (Å²) in [7, 11) is 0. The highest BCUT2D eigenvalue weighted by Crippen LogP contribution is 2.29. The Hall–Kier alpha value is -1.02. The van der Waals surface area contributed by atoms with Gasteiger partial charge < -0.3 is 5.11 Å². The topological polar surface area (TPSA) is 20.2 Å². The normalized spacial score (nSPS) is 12.7. The van der Waals surface area contributed by atoms with Crippen molar-refractivity contribution in [1.82, 2.24) is 0 Å². The van der Waals surface area contributed by atoms with E-state index in [1.54, 1.807) is 6.07 Å². The highest BCUT2D eigenvalue weighted by molar-refractivity contribution is 6.42. The molecule has 0 amide bonds. The van der Waals surface area contributed by atoms with Crippen LogP contribution in [0.5, 0.6) is 0 Å². The molecular weight excluding hydrogens is 291 g/mol. The van der Waals surface area contributed by atoms with Gasteiger partial charge in [-0.15, -0.1) is 0 Å². The Balaban J connectivity index is 2.15. The molecule has 0 aromatic heterocycles. The van der Waals surface area contributed by atoms with Gasteiger partial charge in [-0.3, -0.25) is 0 Å². The predicted octanol–water partition coefficient (Wildman–Crippen LogP) is 5.39. The van der Waals surface area contributed by atoms with Gasteiger partial charge in [-0.2, -0.15) is 0 Å². The van der Waals surface area contributed by atoms with E-state index in [1.165, 1.54) is 5.56 Å². The van der Waals surface area contributed by atoms with Crippen LogP contribution in [0.25, 0.3) is 0 Å². The second-order valence-corrected chi connectivity index (χ2v) is 6.04. The van der Waals surface area contributed by atoms with Gasteiger partial charge in [0.1, 0.15) is 0 Å². The summed E-state index contributed by atoms with van der Waals surface area (Å²) in [5.74, 6) is 0.489. The maximum atomic E-state index is 10.3. The molecule has 1 atom stereocenters. The molecule has 0 saturated carbocycles. The fraction of sp³-hybridized carbons (Fsp3) is 0.294. The smallest absolute Gasteiger partial charge is 0.0830 e. The van der Waals surface area contributed by atoms with E-state index in [1.807, 2.05) is 24.3 Å². The third kappa shape index (κ3) is 3.54. The summed E-state index contributed by atoms with van der Waals surface area (Å²) in [6.45, 7) is 4.30. The maximum Gasteiger partial charge on any atom is 0.0830 e. The number of hydrogen-bond donors (Lipinski definition) is 1. The fourth-order valence-electron chi connectivity index (χ4n) is 2.14. The van der Waals surface area contributed by atoms with Crippen LogP contribution < -0.4 is 0 Å². The van der Waals surface area contributed by atoms with Crippen LogP contribution in [0.2, 0.25) is 10.0 Å². The summed E-state index contributed by atoms with van der Waals surface area (Å²) >= 11 is 12.1. The van der Waals surface area contributed by atoms with E-state index in [0.29, 0.717) is 22.4 Å². The van der Waals surface area contributed by atoms with E-state index in [-0.39, 0.29) is 0 Å². The summed E-state index contributed by atoms with van der Waals surface area (Å²) in [5.41, 5.74) is 3.02. The Labute approximate surface area is 130 Å². The average molecular weight is 309 g/mol. The largest absolute Gasteiger partial charge is 0.388 e. The van der Waals surface area contributed by atoms with Gasteiger partial charge in [0.15, 0.2) is 0 Å². The summed E-state index contributed by atoms with van der Waals surface area (Å²) in [6.07, 6.45) is -0.118. The zero-order valence-corrected chi connectivity index (χ0v) is 13.1. The van der Waals surface area contributed by atoms with Crippen LogP contribution in [0.1, 0.15) is 42.6 Å². The lowest BCUT2D eigenvalue weighted by molar-refractivity contribution is 0.178. The number of benzene rings is 2. The average Bonchev–Trinajstić information content (AvgIpc) is 2.44. The summed E-state index contributed by atoms with van der Waals surface area (Å²) in [5, 5.41) is 11.4. The lowest BCUT2D eigenvalue weighted by Crippen LogP contribution is -2.03. The standard InChI is InChI=1S/C17H18Cl2O/c1-11(2)12-6-8-13(9-7-12)16(20)10-14-4-3-5-15(18)17(14)19/h3-9,11,16,20H,10H2,1-2H3. The van der Waals surface area contributed by atoms with Crippen molar-refractivity contribution in [2.24, 2.45) is 0 Å². The van der Waals surface area contributed by atoms with Crippen LogP contribution in [0.4, 0.5) is 0 Å². The van der Waals surface area contributed by atoms with Crippen LogP contribution in [0.15, 0.2) is 42.5 Å². The number of halogens is 2. The van der Waals surface area contributed by atoms with Crippen LogP contribution >= 0.6 is 23.2 Å². The molecule has 0 aliphatic heterocycles. The number of hydrogen-bond acceptors (Lipinski definition) is 1. The molecule has 0 fully saturated rings. The van der Waals surface area contributed by atoms with Crippen LogP contribution in [0.3, 0.4) is 0 Å². The van der Waals surface area contributed by atoms with Crippen molar-refractivity contribution < 1.29 is 5.11 Å². The van der Waals surface area contributed by atoms with Crippen LogP contribution in [0, 0.1) is 0 Å². The summed E-state index contributed by atoms with van der Waals surface area (Å²) in [6, 6.07) is 13.5. The number of aliphatic hydroxyl groups excluding tert-OH is 1. The lowest BCUT2D eigenvalue weighted by Gasteiger charge is -2.14. The molecule has 0 radical (unpaired) electrons. The predicted molar refractivity (Wildman–Crippen MR) is 85.7 cm³/mol. The van der Waals surface area contributed by atoms with E-state index in [4.69, 9.17) is 23.2 Å². The minimum Gasteiger partial charge on any atom is -0.388 e. The Morgan fingerprint density at radius 3 is 2.15 bits per heavy atom. The Morgan fingerprint density at radius 2 is 1.55 bits per heavy atom. The quantitative estimate of drug-likeness (QED) is 0.802. The van der Waals surface area contributed by atoms with Crippen molar-refractivity contribution in [2.75, 3.05) is 0 Å². The Morgan fingerprint density at radius 1 is 0.950 bits per heavy atom. The Kier molecular flexibility index (Phi) is 5.09. The minimum absolute atomic E-state index is 0.459. The lowest BCUT2D eigenvalue weighted by atomic mass is 9.97. The molecule has 0 aliphatic carbocycles. The Bertz CT molecular complexity index is 576.